The molecule has 0 aromatic rings. The smallest absolute Gasteiger partial charge is 0.322 e. The lowest BCUT2D eigenvalue weighted by Gasteiger charge is -2.31. The highest BCUT2D eigenvalue weighted by Crippen LogP contribution is 2.16. The SMILES string of the molecule is CNC(=O)C1CCCN(C(=O)NCC(=O)NCC(=O)O)C1. The summed E-state index contributed by atoms with van der Waals surface area (Å²) in [5, 5.41) is 15.5. The lowest BCUT2D eigenvalue weighted by Crippen LogP contribution is -2.50. The summed E-state index contributed by atoms with van der Waals surface area (Å²) in [6, 6.07) is -0.436. The Morgan fingerprint density at radius 1 is 1.19 bits per heavy atom. The maximum Gasteiger partial charge on any atom is 0.322 e. The highest BCUT2D eigenvalue weighted by molar-refractivity contribution is 5.86. The van der Waals surface area contributed by atoms with Gasteiger partial charge in [-0.15, -0.1) is 0 Å². The number of hydrogen-bond acceptors (Lipinski definition) is 4. The molecule has 9 heteroatoms. The molecule has 9 nitrogen and oxygen atoms in total. The van der Waals surface area contributed by atoms with E-state index in [-0.39, 0.29) is 18.4 Å². The normalized spacial score (nSPS) is 17.8. The van der Waals surface area contributed by atoms with Crippen molar-refractivity contribution in [3.05, 3.63) is 0 Å². The Kier molecular flexibility index (Phi) is 6.44. The lowest BCUT2D eigenvalue weighted by atomic mass is 9.97. The summed E-state index contributed by atoms with van der Waals surface area (Å²) in [4.78, 5) is 46.5. The molecule has 4 amide bonds. The van der Waals surface area contributed by atoms with Crippen molar-refractivity contribution in [2.45, 2.75) is 12.8 Å². The van der Waals surface area contributed by atoms with Gasteiger partial charge in [0.25, 0.3) is 0 Å². The Hall–Kier alpha value is -2.32. The first-order chi connectivity index (χ1) is 9.93. The first-order valence-electron chi connectivity index (χ1n) is 6.67. The molecule has 1 atom stereocenters. The van der Waals surface area contributed by atoms with Crippen LogP contribution in [0.15, 0.2) is 0 Å². The molecule has 4 N–H and O–H groups in total. The Labute approximate surface area is 122 Å². The molecule has 118 valence electrons. The Bertz CT molecular complexity index is 426. The molecule has 0 aliphatic carbocycles. The van der Waals surface area contributed by atoms with E-state index in [0.717, 1.165) is 12.8 Å². The predicted octanol–water partition coefficient (Wildman–Crippen LogP) is -1.65. The van der Waals surface area contributed by atoms with Gasteiger partial charge in [0.2, 0.25) is 11.8 Å². The van der Waals surface area contributed by atoms with Gasteiger partial charge in [0.05, 0.1) is 12.5 Å². The number of carbonyl (C=O) groups excluding carboxylic acids is 3. The van der Waals surface area contributed by atoms with Crippen LogP contribution in [-0.2, 0) is 14.4 Å². The Morgan fingerprint density at radius 2 is 1.90 bits per heavy atom. The fourth-order valence-corrected chi connectivity index (χ4v) is 2.08. The molecule has 1 rings (SSSR count). The quantitative estimate of drug-likeness (QED) is 0.484. The third-order valence-electron chi connectivity index (χ3n) is 3.16. The summed E-state index contributed by atoms with van der Waals surface area (Å²) in [5.74, 6) is -2.08. The fraction of sp³-hybridized carbons (Fsp3) is 0.667. The van der Waals surface area contributed by atoms with Gasteiger partial charge in [-0.05, 0) is 12.8 Å². The first-order valence-corrected chi connectivity index (χ1v) is 6.67. The van der Waals surface area contributed by atoms with Gasteiger partial charge >= 0.3 is 12.0 Å². The molecule has 1 saturated heterocycles. The van der Waals surface area contributed by atoms with Crippen LogP contribution in [-0.4, -0.2) is 67.0 Å². The van der Waals surface area contributed by atoms with Crippen LogP contribution in [0.25, 0.3) is 0 Å². The van der Waals surface area contributed by atoms with E-state index in [2.05, 4.69) is 16.0 Å². The molecular formula is C12H20N4O5. The van der Waals surface area contributed by atoms with Crippen molar-refractivity contribution in [3.63, 3.8) is 0 Å². The summed E-state index contributed by atoms with van der Waals surface area (Å²) in [7, 11) is 1.55. The number of rotatable bonds is 5. The number of nitrogens with one attached hydrogen (secondary N) is 3. The van der Waals surface area contributed by atoms with Crippen molar-refractivity contribution in [1.29, 1.82) is 0 Å². The molecule has 1 unspecified atom stereocenters. The predicted molar refractivity (Wildman–Crippen MR) is 72.4 cm³/mol. The van der Waals surface area contributed by atoms with E-state index < -0.39 is 24.5 Å². The number of urea groups is 1. The molecule has 0 spiro atoms. The van der Waals surface area contributed by atoms with Crippen molar-refractivity contribution < 1.29 is 24.3 Å². The van der Waals surface area contributed by atoms with E-state index in [4.69, 9.17) is 5.11 Å². The summed E-state index contributed by atoms with van der Waals surface area (Å²) < 4.78 is 0. The van der Waals surface area contributed by atoms with Crippen LogP contribution in [0, 0.1) is 5.92 Å². The third kappa shape index (κ3) is 5.67. The van der Waals surface area contributed by atoms with Gasteiger partial charge in [0.15, 0.2) is 0 Å². The topological polar surface area (TPSA) is 128 Å². The van der Waals surface area contributed by atoms with Gasteiger partial charge in [-0.3, -0.25) is 14.4 Å². The number of carboxylic acid groups (broad SMARTS) is 1. The molecule has 1 aliphatic rings. The summed E-state index contributed by atoms with van der Waals surface area (Å²) in [5.41, 5.74) is 0. The summed E-state index contributed by atoms with van der Waals surface area (Å²) >= 11 is 0. The maximum absolute atomic E-state index is 11.9. The number of carboxylic acids is 1. The van der Waals surface area contributed by atoms with E-state index in [0.29, 0.717) is 13.1 Å². The lowest BCUT2D eigenvalue weighted by molar-refractivity contribution is -0.137. The first kappa shape index (κ1) is 16.7. The highest BCUT2D eigenvalue weighted by atomic mass is 16.4. The molecule has 1 fully saturated rings. The van der Waals surface area contributed by atoms with E-state index in [1.165, 1.54) is 4.90 Å². The fourth-order valence-electron chi connectivity index (χ4n) is 2.08. The van der Waals surface area contributed by atoms with Crippen molar-refractivity contribution in [2.75, 3.05) is 33.2 Å². The van der Waals surface area contributed by atoms with E-state index in [9.17, 15) is 19.2 Å². The van der Waals surface area contributed by atoms with Crippen molar-refractivity contribution >= 4 is 23.8 Å². The molecule has 0 bridgehead atoms. The molecule has 1 heterocycles. The monoisotopic (exact) mass is 300 g/mol. The zero-order chi connectivity index (χ0) is 15.8. The average molecular weight is 300 g/mol. The van der Waals surface area contributed by atoms with E-state index in [1.54, 1.807) is 7.05 Å². The van der Waals surface area contributed by atoms with Crippen LogP contribution in [0.1, 0.15) is 12.8 Å². The van der Waals surface area contributed by atoms with Gasteiger partial charge in [-0.1, -0.05) is 0 Å². The van der Waals surface area contributed by atoms with Crippen LogP contribution in [0.4, 0.5) is 4.79 Å². The van der Waals surface area contributed by atoms with Gasteiger partial charge < -0.3 is 26.0 Å². The second-order valence-electron chi connectivity index (χ2n) is 4.73. The number of nitrogens with zero attached hydrogens (tertiary/aromatic N) is 1. The highest BCUT2D eigenvalue weighted by Gasteiger charge is 2.27. The van der Waals surface area contributed by atoms with Gasteiger partial charge in [0, 0.05) is 20.1 Å². The van der Waals surface area contributed by atoms with Gasteiger partial charge in [-0.25, -0.2) is 4.79 Å². The molecule has 0 aromatic heterocycles. The molecular weight excluding hydrogens is 280 g/mol. The second kappa shape index (κ2) is 8.08. The number of amides is 4. The summed E-state index contributed by atoms with van der Waals surface area (Å²) in [6.07, 6.45) is 1.44. The number of hydrogen-bond donors (Lipinski definition) is 4. The summed E-state index contributed by atoms with van der Waals surface area (Å²) in [6.45, 7) is 0.0444. The van der Waals surface area contributed by atoms with Crippen molar-refractivity contribution in [1.82, 2.24) is 20.9 Å². The van der Waals surface area contributed by atoms with Gasteiger partial charge in [0.1, 0.15) is 6.54 Å². The number of aliphatic carboxylic acids is 1. The molecule has 1 aliphatic heterocycles. The molecule has 0 radical (unpaired) electrons. The average Bonchev–Trinajstić information content (AvgIpc) is 2.49. The van der Waals surface area contributed by atoms with Crippen LogP contribution in [0.5, 0.6) is 0 Å². The minimum Gasteiger partial charge on any atom is -0.480 e. The number of likely N-dealkylation sites (tertiary alicyclic amines) is 1. The Balaban J connectivity index is 2.36. The molecule has 0 saturated carbocycles. The third-order valence-corrected chi connectivity index (χ3v) is 3.16. The van der Waals surface area contributed by atoms with E-state index in [1.807, 2.05) is 0 Å². The Morgan fingerprint density at radius 3 is 2.52 bits per heavy atom. The van der Waals surface area contributed by atoms with Crippen molar-refractivity contribution in [3.8, 4) is 0 Å². The maximum atomic E-state index is 11.9. The standard InChI is InChI=1S/C12H20N4O5/c1-13-11(20)8-3-2-4-16(7-8)12(21)15-5-9(17)14-6-10(18)19/h8H,2-7H2,1H3,(H,13,20)(H,14,17)(H,15,21)(H,18,19). The van der Waals surface area contributed by atoms with Crippen molar-refractivity contribution in [2.24, 2.45) is 5.92 Å². The second-order valence-corrected chi connectivity index (χ2v) is 4.73. The zero-order valence-corrected chi connectivity index (χ0v) is 11.8. The minimum absolute atomic E-state index is 0.105. The van der Waals surface area contributed by atoms with Crippen LogP contribution in [0.2, 0.25) is 0 Å². The van der Waals surface area contributed by atoms with Gasteiger partial charge in [-0.2, -0.15) is 0 Å². The molecule has 21 heavy (non-hydrogen) atoms. The van der Waals surface area contributed by atoms with Crippen LogP contribution < -0.4 is 16.0 Å². The van der Waals surface area contributed by atoms with E-state index >= 15 is 0 Å². The van der Waals surface area contributed by atoms with Crippen LogP contribution in [0.3, 0.4) is 0 Å². The largest absolute Gasteiger partial charge is 0.480 e. The minimum atomic E-state index is -1.15. The van der Waals surface area contributed by atoms with Crippen LogP contribution >= 0.6 is 0 Å². The number of piperidine rings is 1. The molecule has 0 aromatic carbocycles. The number of carbonyl (C=O) groups is 4. The zero-order valence-electron chi connectivity index (χ0n) is 11.8.